The average molecular weight is 259 g/mol. The molecule has 1 aliphatic heterocycles. The van der Waals surface area contributed by atoms with Gasteiger partial charge in [0, 0.05) is 6.04 Å². The van der Waals surface area contributed by atoms with Crippen LogP contribution in [0.15, 0.2) is 16.7 Å². The number of sulfone groups is 1. The fraction of sp³-hybridized carbons (Fsp3) is 0.500. The minimum Gasteiger partial charge on any atom is -0.478 e. The first-order chi connectivity index (χ1) is 7.96. The SMILES string of the molecule is O=C(O)c1coc(CNC2CCS(=O)(=O)C2)c1. The molecule has 2 N–H and O–H groups in total. The summed E-state index contributed by atoms with van der Waals surface area (Å²) in [7, 11) is -2.90. The molecule has 0 aliphatic carbocycles. The summed E-state index contributed by atoms with van der Waals surface area (Å²) in [5.74, 6) is -0.196. The molecule has 2 rings (SSSR count). The van der Waals surface area contributed by atoms with Crippen molar-refractivity contribution in [1.82, 2.24) is 5.32 Å². The Balaban J connectivity index is 1.88. The van der Waals surface area contributed by atoms with E-state index >= 15 is 0 Å². The molecule has 1 unspecified atom stereocenters. The molecular formula is C10H13NO5S. The van der Waals surface area contributed by atoms with E-state index in [0.29, 0.717) is 18.7 Å². The van der Waals surface area contributed by atoms with Crippen LogP contribution < -0.4 is 5.32 Å². The zero-order valence-electron chi connectivity index (χ0n) is 9.05. The smallest absolute Gasteiger partial charge is 0.338 e. The topological polar surface area (TPSA) is 96.6 Å². The highest BCUT2D eigenvalue weighted by Gasteiger charge is 2.27. The van der Waals surface area contributed by atoms with Crippen LogP contribution in [0, 0.1) is 0 Å². The molecule has 1 atom stereocenters. The lowest BCUT2D eigenvalue weighted by Gasteiger charge is -2.08. The standard InChI is InChI=1S/C10H13NO5S/c12-10(13)7-3-9(16-5-7)4-11-8-1-2-17(14,15)6-8/h3,5,8,11H,1-2,4,6H2,(H,12,13). The number of carbonyl (C=O) groups is 1. The molecule has 1 aromatic rings. The Labute approximate surface area is 98.5 Å². The van der Waals surface area contributed by atoms with Gasteiger partial charge in [-0.2, -0.15) is 0 Å². The zero-order valence-corrected chi connectivity index (χ0v) is 9.87. The maximum absolute atomic E-state index is 11.2. The van der Waals surface area contributed by atoms with Gasteiger partial charge >= 0.3 is 5.97 Å². The highest BCUT2D eigenvalue weighted by atomic mass is 32.2. The van der Waals surface area contributed by atoms with Crippen LogP contribution in [0.25, 0.3) is 0 Å². The van der Waals surface area contributed by atoms with Gasteiger partial charge in [0.05, 0.1) is 23.6 Å². The number of hydrogen-bond donors (Lipinski definition) is 2. The molecule has 0 spiro atoms. The van der Waals surface area contributed by atoms with Crippen LogP contribution in [0.5, 0.6) is 0 Å². The van der Waals surface area contributed by atoms with Crippen LogP contribution >= 0.6 is 0 Å². The number of carboxylic acids is 1. The summed E-state index contributed by atoms with van der Waals surface area (Å²) in [5, 5.41) is 11.7. The minimum absolute atomic E-state index is 0.0709. The van der Waals surface area contributed by atoms with E-state index in [0.717, 1.165) is 0 Å². The molecule has 1 aliphatic rings. The van der Waals surface area contributed by atoms with E-state index in [-0.39, 0.29) is 23.1 Å². The highest BCUT2D eigenvalue weighted by molar-refractivity contribution is 7.91. The Morgan fingerprint density at radius 3 is 2.88 bits per heavy atom. The highest BCUT2D eigenvalue weighted by Crippen LogP contribution is 2.13. The van der Waals surface area contributed by atoms with Gasteiger partial charge in [0.15, 0.2) is 9.84 Å². The number of rotatable bonds is 4. The Morgan fingerprint density at radius 2 is 2.35 bits per heavy atom. The van der Waals surface area contributed by atoms with Gasteiger partial charge in [-0.05, 0) is 12.5 Å². The fourth-order valence-electron chi connectivity index (χ4n) is 1.79. The Bertz CT molecular complexity index is 519. The summed E-state index contributed by atoms with van der Waals surface area (Å²) in [4.78, 5) is 10.6. The van der Waals surface area contributed by atoms with Gasteiger partial charge in [0.1, 0.15) is 12.0 Å². The van der Waals surface area contributed by atoms with Crippen LogP contribution in [0.3, 0.4) is 0 Å². The second kappa shape index (κ2) is 4.50. The monoisotopic (exact) mass is 259 g/mol. The third kappa shape index (κ3) is 3.07. The fourth-order valence-corrected chi connectivity index (χ4v) is 3.49. The summed E-state index contributed by atoms with van der Waals surface area (Å²) in [6, 6.07) is 1.36. The maximum atomic E-state index is 11.2. The van der Waals surface area contributed by atoms with Crippen molar-refractivity contribution >= 4 is 15.8 Å². The lowest BCUT2D eigenvalue weighted by atomic mass is 10.2. The predicted molar refractivity (Wildman–Crippen MR) is 59.6 cm³/mol. The van der Waals surface area contributed by atoms with Crippen LogP contribution in [-0.4, -0.2) is 37.0 Å². The molecule has 1 aromatic heterocycles. The van der Waals surface area contributed by atoms with Crippen LogP contribution in [0.4, 0.5) is 0 Å². The van der Waals surface area contributed by atoms with Crippen molar-refractivity contribution in [2.75, 3.05) is 11.5 Å². The molecule has 6 nitrogen and oxygen atoms in total. The van der Waals surface area contributed by atoms with Gasteiger partial charge in [0.25, 0.3) is 0 Å². The number of nitrogens with one attached hydrogen (secondary N) is 1. The number of carboxylic acid groups (broad SMARTS) is 1. The lowest BCUT2D eigenvalue weighted by molar-refractivity contribution is 0.0696. The number of furan rings is 1. The largest absolute Gasteiger partial charge is 0.478 e. The van der Waals surface area contributed by atoms with Crippen LogP contribution in [-0.2, 0) is 16.4 Å². The van der Waals surface area contributed by atoms with E-state index in [1.54, 1.807) is 0 Å². The number of aromatic carboxylic acids is 1. The molecule has 7 heteroatoms. The second-order valence-corrected chi connectivity index (χ2v) is 6.32. The van der Waals surface area contributed by atoms with Gasteiger partial charge in [-0.25, -0.2) is 13.2 Å². The first kappa shape index (κ1) is 12.1. The summed E-state index contributed by atoms with van der Waals surface area (Å²) >= 11 is 0. The number of hydrogen-bond acceptors (Lipinski definition) is 5. The summed E-state index contributed by atoms with van der Waals surface area (Å²) in [5.41, 5.74) is 0.0980. The average Bonchev–Trinajstić information content (AvgIpc) is 2.81. The molecular weight excluding hydrogens is 246 g/mol. The van der Waals surface area contributed by atoms with Crippen molar-refractivity contribution in [3.05, 3.63) is 23.7 Å². The van der Waals surface area contributed by atoms with E-state index < -0.39 is 15.8 Å². The first-order valence-electron chi connectivity index (χ1n) is 5.21. The van der Waals surface area contributed by atoms with E-state index in [1.165, 1.54) is 12.3 Å². The third-order valence-electron chi connectivity index (χ3n) is 2.70. The maximum Gasteiger partial charge on any atom is 0.338 e. The van der Waals surface area contributed by atoms with Crippen molar-refractivity contribution in [3.63, 3.8) is 0 Å². The second-order valence-electron chi connectivity index (χ2n) is 4.09. The Kier molecular flexibility index (Phi) is 3.21. The molecule has 17 heavy (non-hydrogen) atoms. The minimum atomic E-state index is -2.90. The van der Waals surface area contributed by atoms with Crippen molar-refractivity contribution in [2.24, 2.45) is 0 Å². The van der Waals surface area contributed by atoms with E-state index in [4.69, 9.17) is 9.52 Å². The summed E-state index contributed by atoms with van der Waals surface area (Å²) in [6.45, 7) is 0.341. The van der Waals surface area contributed by atoms with Gasteiger partial charge in [-0.3, -0.25) is 0 Å². The van der Waals surface area contributed by atoms with Gasteiger partial charge in [-0.1, -0.05) is 0 Å². The molecule has 1 saturated heterocycles. The third-order valence-corrected chi connectivity index (χ3v) is 4.47. The Morgan fingerprint density at radius 1 is 1.59 bits per heavy atom. The van der Waals surface area contributed by atoms with Gasteiger partial charge in [0.2, 0.25) is 0 Å². The molecule has 0 radical (unpaired) electrons. The van der Waals surface area contributed by atoms with Crippen molar-refractivity contribution in [3.8, 4) is 0 Å². The van der Waals surface area contributed by atoms with Crippen molar-refractivity contribution in [2.45, 2.75) is 19.0 Å². The zero-order chi connectivity index (χ0) is 12.5. The molecule has 2 heterocycles. The molecule has 1 fully saturated rings. The van der Waals surface area contributed by atoms with E-state index in [9.17, 15) is 13.2 Å². The van der Waals surface area contributed by atoms with Crippen molar-refractivity contribution < 1.29 is 22.7 Å². The molecule has 0 bridgehead atoms. The quantitative estimate of drug-likeness (QED) is 0.804. The van der Waals surface area contributed by atoms with Crippen molar-refractivity contribution in [1.29, 1.82) is 0 Å². The lowest BCUT2D eigenvalue weighted by Crippen LogP contribution is -2.29. The molecule has 0 aromatic carbocycles. The normalized spacial score (nSPS) is 22.7. The predicted octanol–water partition coefficient (Wildman–Crippen LogP) is 0.254. The molecule has 94 valence electrons. The Hall–Kier alpha value is -1.34. The summed E-state index contributed by atoms with van der Waals surface area (Å²) in [6.07, 6.45) is 1.76. The van der Waals surface area contributed by atoms with Crippen LogP contribution in [0.1, 0.15) is 22.5 Å². The van der Waals surface area contributed by atoms with E-state index in [1.807, 2.05) is 0 Å². The van der Waals surface area contributed by atoms with E-state index in [2.05, 4.69) is 5.32 Å². The van der Waals surface area contributed by atoms with Crippen LogP contribution in [0.2, 0.25) is 0 Å². The molecule has 0 amide bonds. The first-order valence-corrected chi connectivity index (χ1v) is 7.03. The van der Waals surface area contributed by atoms with Gasteiger partial charge < -0.3 is 14.8 Å². The van der Waals surface area contributed by atoms with Gasteiger partial charge in [-0.15, -0.1) is 0 Å². The molecule has 0 saturated carbocycles. The summed E-state index contributed by atoms with van der Waals surface area (Å²) < 4.78 is 27.5.